The highest BCUT2D eigenvalue weighted by atomic mass is 79.9. The number of benzene rings is 1. The number of methoxy groups -OCH3 is 2. The number of hydrogen-bond donors (Lipinski definition) is 0. The van der Waals surface area contributed by atoms with Crippen molar-refractivity contribution >= 4 is 49.1 Å². The van der Waals surface area contributed by atoms with Gasteiger partial charge in [-0.15, -0.1) is 11.3 Å². The summed E-state index contributed by atoms with van der Waals surface area (Å²) >= 11 is 4.44. The number of carbonyl (C=O) groups excluding carboxylic acids is 2. The molecule has 154 valence electrons. The second-order valence-corrected chi connectivity index (χ2v) is 7.91. The van der Waals surface area contributed by atoms with Crippen LogP contribution < -0.4 is 9.47 Å². The Labute approximate surface area is 175 Å². The first-order valence-corrected chi connectivity index (χ1v) is 10.5. The van der Waals surface area contributed by atoms with Crippen LogP contribution in [0.3, 0.4) is 0 Å². The maximum atomic E-state index is 15.1. The van der Waals surface area contributed by atoms with Crippen molar-refractivity contribution in [3.63, 3.8) is 0 Å². The molecule has 0 aliphatic rings. The topological polar surface area (TPSA) is 71.1 Å². The highest BCUT2D eigenvalue weighted by Crippen LogP contribution is 2.40. The Kier molecular flexibility index (Phi) is 8.65. The maximum Gasteiger partial charge on any atom is 0.308 e. The molecule has 1 aromatic carbocycles. The van der Waals surface area contributed by atoms with E-state index in [4.69, 9.17) is 14.2 Å². The van der Waals surface area contributed by atoms with Gasteiger partial charge in [-0.05, 0) is 12.5 Å². The van der Waals surface area contributed by atoms with Gasteiger partial charge >= 0.3 is 5.97 Å². The predicted octanol–water partition coefficient (Wildman–Crippen LogP) is 4.57. The standard InChI is InChI=1S/C19H22BrFO6S/c1-11(19(23)25-3)7-13(22)16-8-12-15(28-16)9-14(27-10-24-2)18(17(12)21)26-6-4-5-20/h8-9,11H,4-7,10H2,1-3H3. The van der Waals surface area contributed by atoms with Crippen LogP contribution in [0.15, 0.2) is 12.1 Å². The first-order chi connectivity index (χ1) is 13.4. The summed E-state index contributed by atoms with van der Waals surface area (Å²) in [6.07, 6.45) is 0.683. The fraction of sp³-hybridized carbons (Fsp3) is 0.474. The Hall–Kier alpha value is -1.71. The molecule has 0 spiro atoms. The average molecular weight is 477 g/mol. The third-order valence-electron chi connectivity index (χ3n) is 3.91. The predicted molar refractivity (Wildman–Crippen MR) is 108 cm³/mol. The van der Waals surface area contributed by atoms with Crippen LogP contribution in [0.25, 0.3) is 10.1 Å². The third-order valence-corrected chi connectivity index (χ3v) is 5.59. The van der Waals surface area contributed by atoms with Crippen molar-refractivity contribution in [3.8, 4) is 11.5 Å². The molecule has 2 aromatic rings. The van der Waals surface area contributed by atoms with Crippen molar-refractivity contribution < 1.29 is 32.9 Å². The number of thiophene rings is 1. The lowest BCUT2D eigenvalue weighted by Gasteiger charge is -2.13. The van der Waals surface area contributed by atoms with E-state index in [9.17, 15) is 9.59 Å². The number of ketones is 1. The number of Topliss-reactive ketones (excluding diaryl/α,β-unsaturated/α-hetero) is 1. The summed E-state index contributed by atoms with van der Waals surface area (Å²) in [6, 6.07) is 3.12. The molecule has 0 bridgehead atoms. The fourth-order valence-electron chi connectivity index (χ4n) is 2.49. The first kappa shape index (κ1) is 22.6. The molecule has 0 radical (unpaired) electrons. The van der Waals surface area contributed by atoms with Crippen LogP contribution in [0.5, 0.6) is 11.5 Å². The molecule has 0 amide bonds. The Morgan fingerprint density at radius 3 is 2.64 bits per heavy atom. The van der Waals surface area contributed by atoms with E-state index in [1.807, 2.05) is 0 Å². The van der Waals surface area contributed by atoms with Crippen LogP contribution in [-0.2, 0) is 14.3 Å². The van der Waals surface area contributed by atoms with E-state index in [1.54, 1.807) is 13.0 Å². The first-order valence-electron chi connectivity index (χ1n) is 8.60. The zero-order chi connectivity index (χ0) is 20.7. The number of rotatable bonds is 11. The molecule has 0 saturated heterocycles. The van der Waals surface area contributed by atoms with E-state index < -0.39 is 17.7 Å². The minimum absolute atomic E-state index is 0.00905. The van der Waals surface area contributed by atoms with Crippen molar-refractivity contribution in [1.29, 1.82) is 0 Å². The van der Waals surface area contributed by atoms with Crippen LogP contribution in [0.2, 0.25) is 0 Å². The Balaban J connectivity index is 2.36. The zero-order valence-electron chi connectivity index (χ0n) is 15.9. The lowest BCUT2D eigenvalue weighted by molar-refractivity contribution is -0.144. The normalized spacial score (nSPS) is 12.0. The van der Waals surface area contributed by atoms with Crippen molar-refractivity contribution in [3.05, 3.63) is 22.8 Å². The van der Waals surface area contributed by atoms with E-state index in [0.29, 0.717) is 22.6 Å². The van der Waals surface area contributed by atoms with Crippen LogP contribution in [0, 0.1) is 11.7 Å². The largest absolute Gasteiger partial charge is 0.487 e. The number of carbonyl (C=O) groups is 2. The van der Waals surface area contributed by atoms with Crippen LogP contribution in [0.1, 0.15) is 29.4 Å². The molecule has 28 heavy (non-hydrogen) atoms. The van der Waals surface area contributed by atoms with Gasteiger partial charge in [0.1, 0.15) is 0 Å². The second kappa shape index (κ2) is 10.7. The molecule has 9 heteroatoms. The third kappa shape index (κ3) is 5.42. The van der Waals surface area contributed by atoms with Crippen molar-refractivity contribution in [1.82, 2.24) is 0 Å². The minimum atomic E-state index is -0.588. The smallest absolute Gasteiger partial charge is 0.308 e. The molecule has 0 fully saturated rings. The van der Waals surface area contributed by atoms with E-state index in [-0.39, 0.29) is 35.9 Å². The van der Waals surface area contributed by atoms with Crippen molar-refractivity contribution in [2.45, 2.75) is 19.8 Å². The van der Waals surface area contributed by atoms with Crippen molar-refractivity contribution in [2.24, 2.45) is 5.92 Å². The molecule has 0 aliphatic heterocycles. The summed E-state index contributed by atoms with van der Waals surface area (Å²) in [5.41, 5.74) is 0. The average Bonchev–Trinajstić information content (AvgIpc) is 3.12. The molecular weight excluding hydrogens is 455 g/mol. The summed E-state index contributed by atoms with van der Waals surface area (Å²) in [6.45, 7) is 1.86. The number of hydrogen-bond acceptors (Lipinski definition) is 7. The highest BCUT2D eigenvalue weighted by molar-refractivity contribution is 9.09. The summed E-state index contributed by atoms with van der Waals surface area (Å²) in [5, 5.41) is 0.998. The lowest BCUT2D eigenvalue weighted by Crippen LogP contribution is -2.16. The Morgan fingerprint density at radius 1 is 1.25 bits per heavy atom. The summed E-state index contributed by atoms with van der Waals surface area (Å²) in [7, 11) is 2.74. The number of ether oxygens (including phenoxy) is 4. The lowest BCUT2D eigenvalue weighted by atomic mass is 10.0. The molecule has 0 aliphatic carbocycles. The van der Waals surface area contributed by atoms with E-state index in [1.165, 1.54) is 20.3 Å². The second-order valence-electron chi connectivity index (χ2n) is 6.03. The number of esters is 1. The summed E-state index contributed by atoms with van der Waals surface area (Å²) in [5.74, 6) is -1.67. The van der Waals surface area contributed by atoms with Gasteiger partial charge in [-0.25, -0.2) is 4.39 Å². The van der Waals surface area contributed by atoms with Gasteiger partial charge < -0.3 is 18.9 Å². The van der Waals surface area contributed by atoms with Crippen LogP contribution in [-0.4, -0.2) is 44.7 Å². The number of halogens is 2. The molecule has 0 saturated carbocycles. The molecule has 2 rings (SSSR count). The molecule has 1 aromatic heterocycles. The molecule has 1 unspecified atom stereocenters. The molecule has 0 N–H and O–H groups in total. The van der Waals surface area contributed by atoms with Gasteiger partial charge in [0.05, 0.1) is 24.5 Å². The molecule has 6 nitrogen and oxygen atoms in total. The Morgan fingerprint density at radius 2 is 2.00 bits per heavy atom. The quantitative estimate of drug-likeness (QED) is 0.155. The van der Waals surface area contributed by atoms with Crippen LogP contribution >= 0.6 is 27.3 Å². The van der Waals surface area contributed by atoms with E-state index in [2.05, 4.69) is 20.7 Å². The monoisotopic (exact) mass is 476 g/mol. The van der Waals surface area contributed by atoms with Gasteiger partial charge in [-0.3, -0.25) is 9.59 Å². The molecule has 1 atom stereocenters. The molecule has 1 heterocycles. The van der Waals surface area contributed by atoms with Gasteiger partial charge in [0, 0.05) is 35.0 Å². The van der Waals surface area contributed by atoms with E-state index >= 15 is 4.39 Å². The van der Waals surface area contributed by atoms with Gasteiger partial charge in [0.25, 0.3) is 0 Å². The number of fused-ring (bicyclic) bond motifs is 1. The fourth-order valence-corrected chi connectivity index (χ4v) is 3.76. The van der Waals surface area contributed by atoms with Crippen LogP contribution in [0.4, 0.5) is 4.39 Å². The van der Waals surface area contributed by atoms with Gasteiger partial charge in [0.2, 0.25) is 0 Å². The van der Waals surface area contributed by atoms with Gasteiger partial charge in [0.15, 0.2) is 29.9 Å². The van der Waals surface area contributed by atoms with Gasteiger partial charge in [-0.1, -0.05) is 22.9 Å². The minimum Gasteiger partial charge on any atom is -0.487 e. The maximum absolute atomic E-state index is 15.1. The SMILES string of the molecule is COCOc1cc2sc(C(=O)CC(C)C(=O)OC)cc2c(F)c1OCCCBr. The summed E-state index contributed by atoms with van der Waals surface area (Å²) < 4.78 is 36.2. The van der Waals surface area contributed by atoms with Gasteiger partial charge in [-0.2, -0.15) is 0 Å². The molecular formula is C19H22BrFO6S. The van der Waals surface area contributed by atoms with Crippen molar-refractivity contribution in [2.75, 3.05) is 32.9 Å². The highest BCUT2D eigenvalue weighted by Gasteiger charge is 2.23. The summed E-state index contributed by atoms with van der Waals surface area (Å²) in [4.78, 5) is 24.4. The zero-order valence-corrected chi connectivity index (χ0v) is 18.3. The Bertz CT molecular complexity index is 837. The number of alkyl halides is 1. The van der Waals surface area contributed by atoms with E-state index in [0.717, 1.165) is 16.7 Å².